The second-order valence-corrected chi connectivity index (χ2v) is 1.77. The summed E-state index contributed by atoms with van der Waals surface area (Å²) in [7, 11) is 0. The molecule has 0 spiro atoms. The molecule has 1 aromatic rings. The van der Waals surface area contributed by atoms with Crippen LogP contribution in [-0.2, 0) is 39.3 Å². The van der Waals surface area contributed by atoms with Gasteiger partial charge in [0.25, 0.3) is 0 Å². The van der Waals surface area contributed by atoms with Crippen molar-refractivity contribution in [1.82, 2.24) is 9.55 Å². The van der Waals surface area contributed by atoms with Gasteiger partial charge in [-0.15, -0.1) is 11.9 Å². The maximum atomic E-state index is 3.93. The van der Waals surface area contributed by atoms with Gasteiger partial charge in [-0.3, -0.25) is 0 Å². The van der Waals surface area contributed by atoms with Crippen LogP contribution in [0.2, 0.25) is 0 Å². The Balaban J connectivity index is 0. The fourth-order valence-electron chi connectivity index (χ4n) is 0.588. The van der Waals surface area contributed by atoms with Crippen molar-refractivity contribution in [2.45, 2.75) is 20.4 Å². The normalized spacial score (nSPS) is 7.80. The monoisotopic (exact) mass is 213 g/mol. The number of rotatable bonds is 1. The van der Waals surface area contributed by atoms with Crippen molar-refractivity contribution in [3.8, 4) is 0 Å². The Labute approximate surface area is 87.9 Å². The van der Waals surface area contributed by atoms with E-state index < -0.39 is 0 Å². The molecule has 0 amide bonds. The van der Waals surface area contributed by atoms with Crippen molar-refractivity contribution in [2.75, 3.05) is 0 Å². The van der Waals surface area contributed by atoms with Gasteiger partial charge in [-0.2, -0.15) is 0 Å². The summed E-state index contributed by atoms with van der Waals surface area (Å²) in [6, 6.07) is 0. The molecule has 0 bridgehead atoms. The molecule has 0 aromatic carbocycles. The maximum absolute atomic E-state index is 3.93. The fraction of sp³-hybridized carbons (Fsp3) is 0.429. The van der Waals surface area contributed by atoms with E-state index in [0.717, 1.165) is 12.2 Å². The minimum Gasteiger partial charge on any atom is -0.454 e. The van der Waals surface area contributed by atoms with Crippen LogP contribution >= 0.6 is 0 Å². The van der Waals surface area contributed by atoms with Gasteiger partial charge in [-0.05, 0) is 13.5 Å². The Bertz CT molecular complexity index is 172. The molecule has 0 aliphatic heterocycles. The van der Waals surface area contributed by atoms with Gasteiger partial charge < -0.3 is 17.0 Å². The summed E-state index contributed by atoms with van der Waals surface area (Å²) < 4.78 is 1.93. The first kappa shape index (κ1) is 12.9. The van der Waals surface area contributed by atoms with E-state index in [4.69, 9.17) is 0 Å². The van der Waals surface area contributed by atoms with E-state index in [1.165, 1.54) is 0 Å². The summed E-state index contributed by atoms with van der Waals surface area (Å²) in [5.41, 5.74) is 1.03. The van der Waals surface area contributed by atoms with Crippen LogP contribution in [0.15, 0.2) is 6.20 Å². The first-order chi connectivity index (χ1) is 3.83. The average molecular weight is 213 g/mol. The molecule has 0 saturated carbocycles. The molecule has 0 N–H and O–H groups in total. The number of aromatic nitrogens is 2. The third-order valence-electron chi connectivity index (χ3n) is 1.04. The standard InChI is InChI=1S/C6H9N2.CH3.Y/c1-3-8-4-6(2)7-5-8;;/h4H,3H2,1-2H3;1H3;/q2*-1;. The summed E-state index contributed by atoms with van der Waals surface area (Å²) in [5.74, 6) is 0. The molecule has 0 fully saturated rings. The van der Waals surface area contributed by atoms with E-state index in [9.17, 15) is 0 Å². The minimum atomic E-state index is 0. The summed E-state index contributed by atoms with van der Waals surface area (Å²) in [6.07, 6.45) is 4.79. The molecular formula is C7H12N2Y-2. The molecule has 1 rings (SSSR count). The first-order valence-corrected chi connectivity index (χ1v) is 2.74. The molecule has 0 saturated heterocycles. The number of imidazole rings is 1. The maximum Gasteiger partial charge on any atom is 0.000658 e. The van der Waals surface area contributed by atoms with Crippen molar-refractivity contribution >= 4 is 0 Å². The molecule has 1 radical (unpaired) electrons. The fourth-order valence-corrected chi connectivity index (χ4v) is 0.588. The van der Waals surface area contributed by atoms with Crippen LogP contribution in [0.1, 0.15) is 12.6 Å². The summed E-state index contributed by atoms with van der Waals surface area (Å²) in [5, 5.41) is 0. The summed E-state index contributed by atoms with van der Waals surface area (Å²) in [4.78, 5) is 3.93. The van der Waals surface area contributed by atoms with Crippen LogP contribution in [-0.4, -0.2) is 9.55 Å². The van der Waals surface area contributed by atoms with E-state index >= 15 is 0 Å². The molecule has 3 heteroatoms. The van der Waals surface area contributed by atoms with E-state index in [0.29, 0.717) is 0 Å². The molecule has 55 valence electrons. The zero-order chi connectivity index (χ0) is 5.98. The Hall–Kier alpha value is 0.314. The quantitative estimate of drug-likeness (QED) is 0.645. The third-order valence-corrected chi connectivity index (χ3v) is 1.04. The Morgan fingerprint density at radius 2 is 2.30 bits per heavy atom. The topological polar surface area (TPSA) is 17.8 Å². The predicted octanol–water partition coefficient (Wildman–Crippen LogP) is 1.46. The van der Waals surface area contributed by atoms with Crippen molar-refractivity contribution in [1.29, 1.82) is 0 Å². The zero-order valence-electron chi connectivity index (χ0n) is 6.76. The van der Waals surface area contributed by atoms with E-state index in [2.05, 4.69) is 18.2 Å². The van der Waals surface area contributed by atoms with Gasteiger partial charge in [-0.1, -0.05) is 6.92 Å². The van der Waals surface area contributed by atoms with Crippen LogP contribution in [0, 0.1) is 20.7 Å². The second-order valence-electron chi connectivity index (χ2n) is 1.77. The molecule has 0 aliphatic rings. The van der Waals surface area contributed by atoms with E-state index in [-0.39, 0.29) is 40.1 Å². The van der Waals surface area contributed by atoms with E-state index in [1.54, 1.807) is 0 Å². The van der Waals surface area contributed by atoms with Gasteiger partial charge in [0, 0.05) is 39.0 Å². The van der Waals surface area contributed by atoms with Gasteiger partial charge in [0.1, 0.15) is 0 Å². The zero-order valence-corrected chi connectivity index (χ0v) is 9.59. The van der Waals surface area contributed by atoms with Gasteiger partial charge >= 0.3 is 0 Å². The molecule has 1 aromatic heterocycles. The molecule has 1 heterocycles. The molecule has 0 atom stereocenters. The largest absolute Gasteiger partial charge is 0.454 e. The van der Waals surface area contributed by atoms with Crippen LogP contribution in [0.3, 0.4) is 0 Å². The Kier molecular flexibility index (Phi) is 7.83. The molecule has 2 nitrogen and oxygen atoms in total. The van der Waals surface area contributed by atoms with Gasteiger partial charge in [0.15, 0.2) is 0 Å². The Morgan fingerprint density at radius 1 is 1.70 bits per heavy atom. The number of hydrogen-bond acceptors (Lipinski definition) is 1. The van der Waals surface area contributed by atoms with Crippen LogP contribution < -0.4 is 0 Å². The smallest absolute Gasteiger partial charge is 0.000658 e. The minimum absolute atomic E-state index is 0. The number of hydrogen-bond donors (Lipinski definition) is 0. The van der Waals surface area contributed by atoms with Crippen LogP contribution in [0.4, 0.5) is 0 Å². The number of nitrogens with zero attached hydrogens (tertiary/aromatic N) is 2. The van der Waals surface area contributed by atoms with Crippen molar-refractivity contribution in [3.63, 3.8) is 0 Å². The molecular weight excluding hydrogens is 201 g/mol. The number of aryl methyl sites for hydroxylation is 2. The van der Waals surface area contributed by atoms with Crippen molar-refractivity contribution in [3.05, 3.63) is 25.6 Å². The van der Waals surface area contributed by atoms with Crippen molar-refractivity contribution in [2.24, 2.45) is 0 Å². The van der Waals surface area contributed by atoms with E-state index in [1.807, 2.05) is 17.7 Å². The van der Waals surface area contributed by atoms with Crippen LogP contribution in [0.5, 0.6) is 0 Å². The van der Waals surface area contributed by atoms with Crippen molar-refractivity contribution < 1.29 is 32.7 Å². The average Bonchev–Trinajstić information content (AvgIpc) is 2.14. The van der Waals surface area contributed by atoms with Gasteiger partial charge in [0.05, 0.1) is 0 Å². The van der Waals surface area contributed by atoms with Gasteiger partial charge in [0.2, 0.25) is 0 Å². The summed E-state index contributed by atoms with van der Waals surface area (Å²) >= 11 is 0. The molecule has 0 unspecified atom stereocenters. The SMILES string of the molecule is CCn1[c-]nc(C)c1.[CH3-].[Y]. The third kappa shape index (κ3) is 3.47. The molecule has 0 aliphatic carbocycles. The summed E-state index contributed by atoms with van der Waals surface area (Å²) in [6.45, 7) is 4.99. The second kappa shape index (κ2) is 6.05. The molecule has 10 heavy (non-hydrogen) atoms. The predicted molar refractivity (Wildman–Crippen MR) is 37.9 cm³/mol. The van der Waals surface area contributed by atoms with Crippen LogP contribution in [0.25, 0.3) is 0 Å². The first-order valence-electron chi connectivity index (χ1n) is 2.74. The Morgan fingerprint density at radius 3 is 2.50 bits per heavy atom. The van der Waals surface area contributed by atoms with Gasteiger partial charge in [-0.25, -0.2) is 0 Å².